The average Bonchev–Trinajstić information content (AvgIpc) is 2.76. The van der Waals surface area contributed by atoms with Crippen LogP contribution in [0.2, 0.25) is 0 Å². The van der Waals surface area contributed by atoms with Crippen molar-refractivity contribution in [2.45, 2.75) is 13.6 Å². The summed E-state index contributed by atoms with van der Waals surface area (Å²) in [6.07, 6.45) is 2.21. The normalized spacial score (nSPS) is 16.7. The van der Waals surface area contributed by atoms with Crippen LogP contribution in [0, 0.1) is 6.92 Å². The zero-order valence-corrected chi connectivity index (χ0v) is 11.5. The number of hydrogen-bond donors (Lipinski definition) is 1. The fourth-order valence-electron chi connectivity index (χ4n) is 2.57. The van der Waals surface area contributed by atoms with Crippen molar-refractivity contribution in [2.75, 3.05) is 26.2 Å². The van der Waals surface area contributed by atoms with Crippen molar-refractivity contribution in [3.05, 3.63) is 36.0 Å². The molecule has 1 aromatic heterocycles. The predicted molar refractivity (Wildman–Crippen MR) is 78.4 cm³/mol. The van der Waals surface area contributed by atoms with Crippen LogP contribution in [0.5, 0.6) is 0 Å². The van der Waals surface area contributed by atoms with Gasteiger partial charge in [-0.15, -0.1) is 12.4 Å². The first-order chi connectivity index (χ1) is 8.34. The van der Waals surface area contributed by atoms with Gasteiger partial charge in [-0.1, -0.05) is 12.1 Å². The van der Waals surface area contributed by atoms with E-state index in [-0.39, 0.29) is 12.4 Å². The summed E-state index contributed by atoms with van der Waals surface area (Å²) < 4.78 is 2.35. The summed E-state index contributed by atoms with van der Waals surface area (Å²) in [4.78, 5) is 2.50. The number of fused-ring (bicyclic) bond motifs is 1. The molecule has 0 saturated carbocycles. The van der Waals surface area contributed by atoms with Crippen LogP contribution in [0.3, 0.4) is 0 Å². The average molecular weight is 266 g/mol. The summed E-state index contributed by atoms with van der Waals surface area (Å²) in [5, 5.41) is 4.77. The van der Waals surface area contributed by atoms with Gasteiger partial charge in [0.25, 0.3) is 0 Å². The van der Waals surface area contributed by atoms with Crippen LogP contribution in [0.25, 0.3) is 10.9 Å². The first-order valence-electron chi connectivity index (χ1n) is 6.32. The maximum atomic E-state index is 3.39. The van der Waals surface area contributed by atoms with E-state index in [0.29, 0.717) is 0 Å². The number of benzene rings is 1. The van der Waals surface area contributed by atoms with Crippen molar-refractivity contribution >= 4 is 23.3 Å². The summed E-state index contributed by atoms with van der Waals surface area (Å²) in [6, 6.07) is 8.76. The van der Waals surface area contributed by atoms with E-state index < -0.39 is 0 Å². The first kappa shape index (κ1) is 13.4. The fraction of sp³-hybridized carbons (Fsp3) is 0.429. The third kappa shape index (κ3) is 2.53. The van der Waals surface area contributed by atoms with Crippen molar-refractivity contribution < 1.29 is 0 Å². The van der Waals surface area contributed by atoms with Gasteiger partial charge < -0.3 is 9.88 Å². The number of rotatable bonds is 2. The quantitative estimate of drug-likeness (QED) is 0.899. The standard InChI is InChI=1S/C14H19N3.ClH/c1-12-3-2-4-14-13(12)5-8-17(14)11-16-9-6-15-7-10-16;/h2-5,8,15H,6-7,9-11H2,1H3;1H. The molecule has 0 spiro atoms. The first-order valence-corrected chi connectivity index (χ1v) is 6.32. The molecule has 1 aliphatic heterocycles. The van der Waals surface area contributed by atoms with Gasteiger partial charge in [0.2, 0.25) is 0 Å². The Labute approximate surface area is 114 Å². The SMILES string of the molecule is Cc1cccc2c1ccn2CN1CCNCC1.Cl. The highest BCUT2D eigenvalue weighted by atomic mass is 35.5. The second-order valence-corrected chi connectivity index (χ2v) is 4.80. The van der Waals surface area contributed by atoms with Crippen molar-refractivity contribution in [2.24, 2.45) is 0 Å². The van der Waals surface area contributed by atoms with E-state index in [1.807, 2.05) is 0 Å². The number of nitrogens with one attached hydrogen (secondary N) is 1. The van der Waals surface area contributed by atoms with E-state index in [1.165, 1.54) is 16.5 Å². The largest absolute Gasteiger partial charge is 0.334 e. The van der Waals surface area contributed by atoms with Crippen LogP contribution in [0.1, 0.15) is 5.56 Å². The Kier molecular flexibility index (Phi) is 4.27. The van der Waals surface area contributed by atoms with E-state index in [0.717, 1.165) is 32.8 Å². The van der Waals surface area contributed by atoms with E-state index >= 15 is 0 Å². The number of nitrogens with zero attached hydrogens (tertiary/aromatic N) is 2. The lowest BCUT2D eigenvalue weighted by Crippen LogP contribution is -2.43. The highest BCUT2D eigenvalue weighted by Gasteiger charge is 2.11. The molecule has 1 aromatic carbocycles. The van der Waals surface area contributed by atoms with Crippen molar-refractivity contribution in [3.8, 4) is 0 Å². The van der Waals surface area contributed by atoms with E-state index in [1.54, 1.807) is 0 Å². The summed E-state index contributed by atoms with van der Waals surface area (Å²) in [7, 11) is 0. The zero-order valence-electron chi connectivity index (χ0n) is 10.7. The lowest BCUT2D eigenvalue weighted by atomic mass is 10.1. The van der Waals surface area contributed by atoms with Crippen LogP contribution < -0.4 is 5.32 Å². The third-order valence-corrected chi connectivity index (χ3v) is 3.59. The Balaban J connectivity index is 0.00000120. The Morgan fingerprint density at radius 1 is 1.17 bits per heavy atom. The van der Waals surface area contributed by atoms with Gasteiger partial charge in [-0.05, 0) is 24.6 Å². The van der Waals surface area contributed by atoms with Crippen LogP contribution in [-0.2, 0) is 6.67 Å². The third-order valence-electron chi connectivity index (χ3n) is 3.59. The Bertz CT molecular complexity index is 515. The molecule has 0 atom stereocenters. The molecule has 0 amide bonds. The summed E-state index contributed by atoms with van der Waals surface area (Å²) >= 11 is 0. The molecule has 0 unspecified atom stereocenters. The van der Waals surface area contributed by atoms with Gasteiger partial charge in [0.15, 0.2) is 0 Å². The van der Waals surface area contributed by atoms with Crippen molar-refractivity contribution in [3.63, 3.8) is 0 Å². The minimum atomic E-state index is 0. The van der Waals surface area contributed by atoms with Gasteiger partial charge in [-0.2, -0.15) is 0 Å². The second-order valence-electron chi connectivity index (χ2n) is 4.80. The number of hydrogen-bond acceptors (Lipinski definition) is 2. The maximum Gasteiger partial charge on any atom is 0.0751 e. The fourth-order valence-corrected chi connectivity index (χ4v) is 2.57. The van der Waals surface area contributed by atoms with E-state index in [9.17, 15) is 0 Å². The molecule has 2 aromatic rings. The molecule has 0 aliphatic carbocycles. The number of aromatic nitrogens is 1. The lowest BCUT2D eigenvalue weighted by Gasteiger charge is -2.27. The number of piperazine rings is 1. The zero-order chi connectivity index (χ0) is 11.7. The molecule has 18 heavy (non-hydrogen) atoms. The molecule has 2 heterocycles. The Hall–Kier alpha value is -1.03. The molecule has 1 fully saturated rings. The van der Waals surface area contributed by atoms with Gasteiger partial charge >= 0.3 is 0 Å². The second kappa shape index (κ2) is 5.74. The van der Waals surface area contributed by atoms with Crippen LogP contribution in [0.15, 0.2) is 30.5 Å². The van der Waals surface area contributed by atoms with Crippen LogP contribution in [0.4, 0.5) is 0 Å². The molecule has 98 valence electrons. The molecular formula is C14H20ClN3. The number of aryl methyl sites for hydroxylation is 1. The van der Waals surface area contributed by atoms with Gasteiger partial charge in [0.05, 0.1) is 6.67 Å². The van der Waals surface area contributed by atoms with Gasteiger partial charge in [0, 0.05) is 43.3 Å². The molecule has 1 aliphatic rings. The topological polar surface area (TPSA) is 20.2 Å². The molecule has 4 heteroatoms. The van der Waals surface area contributed by atoms with E-state index in [2.05, 4.69) is 52.2 Å². The van der Waals surface area contributed by atoms with Crippen molar-refractivity contribution in [1.29, 1.82) is 0 Å². The summed E-state index contributed by atoms with van der Waals surface area (Å²) in [5.41, 5.74) is 2.71. The molecule has 3 rings (SSSR count). The Morgan fingerprint density at radius 3 is 2.72 bits per heavy atom. The van der Waals surface area contributed by atoms with Crippen molar-refractivity contribution in [1.82, 2.24) is 14.8 Å². The van der Waals surface area contributed by atoms with Crippen LogP contribution >= 0.6 is 12.4 Å². The molecular weight excluding hydrogens is 246 g/mol. The highest BCUT2D eigenvalue weighted by molar-refractivity contribution is 5.85. The summed E-state index contributed by atoms with van der Waals surface area (Å²) in [6.45, 7) is 7.69. The predicted octanol–water partition coefficient (Wildman–Crippen LogP) is 2.23. The Morgan fingerprint density at radius 2 is 1.94 bits per heavy atom. The monoisotopic (exact) mass is 265 g/mol. The van der Waals surface area contributed by atoms with E-state index in [4.69, 9.17) is 0 Å². The minimum absolute atomic E-state index is 0. The lowest BCUT2D eigenvalue weighted by molar-refractivity contribution is 0.196. The minimum Gasteiger partial charge on any atom is -0.334 e. The van der Waals surface area contributed by atoms with Gasteiger partial charge in [0.1, 0.15) is 0 Å². The molecule has 3 nitrogen and oxygen atoms in total. The molecule has 1 N–H and O–H groups in total. The van der Waals surface area contributed by atoms with Crippen LogP contribution in [-0.4, -0.2) is 35.6 Å². The number of halogens is 1. The maximum absolute atomic E-state index is 3.39. The van der Waals surface area contributed by atoms with Gasteiger partial charge in [-0.25, -0.2) is 0 Å². The smallest absolute Gasteiger partial charge is 0.0751 e. The molecule has 1 saturated heterocycles. The molecule has 0 bridgehead atoms. The van der Waals surface area contributed by atoms with Gasteiger partial charge in [-0.3, -0.25) is 4.90 Å². The highest BCUT2D eigenvalue weighted by Crippen LogP contribution is 2.19. The summed E-state index contributed by atoms with van der Waals surface area (Å²) in [5.74, 6) is 0. The molecule has 0 radical (unpaired) electrons.